The van der Waals surface area contributed by atoms with Gasteiger partial charge in [-0.2, -0.15) is 0 Å². The minimum absolute atomic E-state index is 0. The first-order valence-corrected chi connectivity index (χ1v) is 12.2. The summed E-state index contributed by atoms with van der Waals surface area (Å²) in [4.78, 5) is 5.62. The molecule has 2 aromatic carbocycles. The standard InChI is InChI=1S/C21H27N3O2S2.HI/c1-22-20(23-14-17-8-10-18(11-9-17)15-28(2,25)26)24-16-21(12-13-21)27-19-6-4-3-5-7-19;/h3-11H,12-16H2,1-2H3,(H2,22,23,24);1H. The van der Waals surface area contributed by atoms with Crippen molar-refractivity contribution < 1.29 is 8.42 Å². The van der Waals surface area contributed by atoms with Gasteiger partial charge < -0.3 is 10.6 Å². The summed E-state index contributed by atoms with van der Waals surface area (Å²) < 4.78 is 23.0. The zero-order valence-corrected chi connectivity index (χ0v) is 20.7. The fourth-order valence-electron chi connectivity index (χ4n) is 2.90. The highest BCUT2D eigenvalue weighted by atomic mass is 127. The van der Waals surface area contributed by atoms with Crippen molar-refractivity contribution in [3.8, 4) is 0 Å². The van der Waals surface area contributed by atoms with E-state index in [9.17, 15) is 8.42 Å². The van der Waals surface area contributed by atoms with Gasteiger partial charge in [0.1, 0.15) is 0 Å². The summed E-state index contributed by atoms with van der Waals surface area (Å²) in [5.74, 6) is 0.852. The van der Waals surface area contributed by atoms with Gasteiger partial charge in [-0.3, -0.25) is 4.99 Å². The molecule has 0 heterocycles. The van der Waals surface area contributed by atoms with Crippen LogP contribution in [0.1, 0.15) is 24.0 Å². The molecule has 1 aliphatic carbocycles. The maximum atomic E-state index is 11.4. The molecule has 158 valence electrons. The Balaban J connectivity index is 0.00000300. The number of halogens is 1. The van der Waals surface area contributed by atoms with E-state index in [4.69, 9.17) is 0 Å². The summed E-state index contributed by atoms with van der Waals surface area (Å²) in [6, 6.07) is 18.1. The number of guanidine groups is 1. The third kappa shape index (κ3) is 8.18. The van der Waals surface area contributed by atoms with Crippen molar-refractivity contribution in [2.45, 2.75) is 34.8 Å². The maximum Gasteiger partial charge on any atom is 0.191 e. The fourth-order valence-corrected chi connectivity index (χ4v) is 4.94. The lowest BCUT2D eigenvalue weighted by Crippen LogP contribution is -2.40. The molecule has 29 heavy (non-hydrogen) atoms. The van der Waals surface area contributed by atoms with E-state index in [1.54, 1.807) is 7.05 Å². The minimum atomic E-state index is -3.00. The molecule has 0 aliphatic heterocycles. The van der Waals surface area contributed by atoms with Crippen molar-refractivity contribution >= 4 is 51.5 Å². The van der Waals surface area contributed by atoms with Gasteiger partial charge in [0, 0.05) is 36.0 Å². The Morgan fingerprint density at radius 2 is 1.66 bits per heavy atom. The SMILES string of the molecule is CN=C(NCc1ccc(CS(C)(=O)=O)cc1)NCC1(Sc2ccccc2)CC1.I. The molecule has 5 nitrogen and oxygen atoms in total. The summed E-state index contributed by atoms with van der Waals surface area (Å²) in [6.07, 6.45) is 3.66. The van der Waals surface area contributed by atoms with E-state index < -0.39 is 9.84 Å². The second-order valence-corrected chi connectivity index (χ2v) is 10.9. The summed E-state index contributed by atoms with van der Waals surface area (Å²) in [5, 5.41) is 6.77. The van der Waals surface area contributed by atoms with E-state index >= 15 is 0 Å². The normalized spacial score (nSPS) is 15.3. The molecule has 1 saturated carbocycles. The Bertz CT molecular complexity index is 913. The quantitative estimate of drug-likeness (QED) is 0.300. The van der Waals surface area contributed by atoms with Crippen LogP contribution in [0.25, 0.3) is 0 Å². The topological polar surface area (TPSA) is 70.6 Å². The van der Waals surface area contributed by atoms with E-state index in [0.717, 1.165) is 23.6 Å². The first-order chi connectivity index (χ1) is 13.4. The molecular weight excluding hydrogens is 517 g/mol. The Labute approximate surface area is 195 Å². The summed E-state index contributed by atoms with van der Waals surface area (Å²) in [5.41, 5.74) is 1.89. The summed E-state index contributed by atoms with van der Waals surface area (Å²) in [7, 11) is -1.23. The van der Waals surface area contributed by atoms with Crippen molar-refractivity contribution in [3.63, 3.8) is 0 Å². The van der Waals surface area contributed by atoms with Gasteiger partial charge in [0.05, 0.1) is 5.75 Å². The van der Waals surface area contributed by atoms with Crippen molar-refractivity contribution in [2.24, 2.45) is 4.99 Å². The lowest BCUT2D eigenvalue weighted by molar-refractivity contribution is 0.601. The van der Waals surface area contributed by atoms with E-state index in [-0.39, 0.29) is 34.5 Å². The molecule has 1 fully saturated rings. The smallest absolute Gasteiger partial charge is 0.191 e. The van der Waals surface area contributed by atoms with Crippen molar-refractivity contribution in [1.82, 2.24) is 10.6 Å². The first-order valence-electron chi connectivity index (χ1n) is 9.32. The van der Waals surface area contributed by atoms with Crippen LogP contribution in [0.15, 0.2) is 64.5 Å². The highest BCUT2D eigenvalue weighted by Gasteiger charge is 2.43. The molecule has 0 unspecified atom stereocenters. The average molecular weight is 546 g/mol. The predicted octanol–water partition coefficient (Wildman–Crippen LogP) is 3.84. The van der Waals surface area contributed by atoms with E-state index in [1.807, 2.05) is 42.1 Å². The molecule has 2 N–H and O–H groups in total. The molecule has 0 atom stereocenters. The second-order valence-electron chi connectivity index (χ2n) is 7.26. The monoisotopic (exact) mass is 545 g/mol. The summed E-state index contributed by atoms with van der Waals surface area (Å²) >= 11 is 1.94. The first kappa shape index (κ1) is 24.0. The lowest BCUT2D eigenvalue weighted by atomic mass is 10.1. The number of nitrogens with zero attached hydrogens (tertiary/aromatic N) is 1. The maximum absolute atomic E-state index is 11.4. The third-order valence-corrected chi connectivity index (χ3v) is 6.95. The van der Waals surface area contributed by atoms with Gasteiger partial charge in [-0.15, -0.1) is 35.7 Å². The number of benzene rings is 2. The Morgan fingerprint density at radius 1 is 1.03 bits per heavy atom. The predicted molar refractivity (Wildman–Crippen MR) is 133 cm³/mol. The van der Waals surface area contributed by atoms with Gasteiger partial charge in [-0.25, -0.2) is 8.42 Å². The van der Waals surface area contributed by atoms with Crippen molar-refractivity contribution in [1.29, 1.82) is 0 Å². The molecule has 0 radical (unpaired) electrons. The fraction of sp³-hybridized carbons (Fsp3) is 0.381. The number of sulfone groups is 1. The van der Waals surface area contributed by atoms with Crippen LogP contribution >= 0.6 is 35.7 Å². The van der Waals surface area contributed by atoms with Gasteiger partial charge in [0.25, 0.3) is 0 Å². The van der Waals surface area contributed by atoms with Gasteiger partial charge >= 0.3 is 0 Å². The van der Waals surface area contributed by atoms with Crippen molar-refractivity contribution in [3.05, 3.63) is 65.7 Å². The average Bonchev–Trinajstić information content (AvgIpc) is 3.42. The number of aliphatic imine (C=N–C) groups is 1. The second kappa shape index (κ2) is 10.7. The minimum Gasteiger partial charge on any atom is -0.355 e. The lowest BCUT2D eigenvalue weighted by Gasteiger charge is -2.18. The van der Waals surface area contributed by atoms with Gasteiger partial charge in [0.2, 0.25) is 0 Å². The molecule has 0 saturated heterocycles. The van der Waals surface area contributed by atoms with Gasteiger partial charge in [0.15, 0.2) is 15.8 Å². The van der Waals surface area contributed by atoms with E-state index in [1.165, 1.54) is 24.0 Å². The number of thioether (sulfide) groups is 1. The number of hydrogen-bond donors (Lipinski definition) is 2. The summed E-state index contributed by atoms with van der Waals surface area (Å²) in [6.45, 7) is 1.51. The zero-order valence-electron chi connectivity index (χ0n) is 16.7. The molecule has 0 bridgehead atoms. The molecule has 2 aromatic rings. The highest BCUT2D eigenvalue weighted by Crippen LogP contribution is 2.51. The van der Waals surface area contributed by atoms with Crippen LogP contribution in [0, 0.1) is 0 Å². The zero-order chi connectivity index (χ0) is 20.0. The van der Waals surface area contributed by atoms with Crippen LogP contribution in [-0.2, 0) is 22.1 Å². The van der Waals surface area contributed by atoms with Crippen LogP contribution in [0.4, 0.5) is 0 Å². The number of hydrogen-bond acceptors (Lipinski definition) is 4. The molecule has 0 amide bonds. The van der Waals surface area contributed by atoms with E-state index in [2.05, 4.69) is 39.9 Å². The van der Waals surface area contributed by atoms with Gasteiger partial charge in [-0.1, -0.05) is 42.5 Å². The largest absolute Gasteiger partial charge is 0.355 e. The molecular formula is C21H28IN3O2S2. The van der Waals surface area contributed by atoms with Crippen LogP contribution in [0.2, 0.25) is 0 Å². The molecule has 8 heteroatoms. The van der Waals surface area contributed by atoms with Crippen LogP contribution < -0.4 is 10.6 Å². The Kier molecular flexibility index (Phi) is 8.84. The van der Waals surface area contributed by atoms with Crippen molar-refractivity contribution in [2.75, 3.05) is 19.8 Å². The molecule has 1 aliphatic rings. The molecule has 3 rings (SSSR count). The number of rotatable bonds is 8. The molecule has 0 aromatic heterocycles. The van der Waals surface area contributed by atoms with Crippen LogP contribution in [0.5, 0.6) is 0 Å². The Hall–Kier alpha value is -1.26. The van der Waals surface area contributed by atoms with Gasteiger partial charge in [-0.05, 0) is 36.1 Å². The Morgan fingerprint density at radius 3 is 2.21 bits per heavy atom. The van der Waals surface area contributed by atoms with Crippen LogP contribution in [-0.4, -0.2) is 39.0 Å². The van der Waals surface area contributed by atoms with Crippen LogP contribution in [0.3, 0.4) is 0 Å². The third-order valence-electron chi connectivity index (χ3n) is 4.60. The number of nitrogens with one attached hydrogen (secondary N) is 2. The highest BCUT2D eigenvalue weighted by molar-refractivity contribution is 14.0. The molecule has 0 spiro atoms. The van der Waals surface area contributed by atoms with E-state index in [0.29, 0.717) is 6.54 Å².